The highest BCUT2D eigenvalue weighted by atomic mass is 16.6. The molecule has 1 aromatic carbocycles. The summed E-state index contributed by atoms with van der Waals surface area (Å²) in [4.78, 5) is 27.1. The van der Waals surface area contributed by atoms with Gasteiger partial charge in [-0.25, -0.2) is 9.59 Å². The van der Waals surface area contributed by atoms with Crippen molar-refractivity contribution in [2.75, 3.05) is 38.1 Å². The van der Waals surface area contributed by atoms with E-state index in [2.05, 4.69) is 5.32 Å². The number of carbonyl (C=O) groups excluding carboxylic acids is 2. The number of hydrogen-bond donors (Lipinski definition) is 1. The smallest absolute Gasteiger partial charge is 0.409 e. The number of para-hydroxylation sites is 1. The number of aryl methyl sites for hydroxylation is 1. The Kier molecular flexibility index (Phi) is 5.03. The lowest BCUT2D eigenvalue weighted by atomic mass is 10.2. The SMILES string of the molecule is CCOC(=O)N1CCN(C(=O)Nc2ccccc2C)CC1. The quantitative estimate of drug-likeness (QED) is 0.909. The van der Waals surface area contributed by atoms with Crippen molar-refractivity contribution in [3.63, 3.8) is 0 Å². The van der Waals surface area contributed by atoms with Gasteiger partial charge in [0.2, 0.25) is 0 Å². The van der Waals surface area contributed by atoms with E-state index in [1.807, 2.05) is 31.2 Å². The van der Waals surface area contributed by atoms with Gasteiger partial charge in [0.15, 0.2) is 0 Å². The van der Waals surface area contributed by atoms with E-state index in [4.69, 9.17) is 4.74 Å². The molecule has 1 aromatic rings. The second kappa shape index (κ2) is 6.97. The van der Waals surface area contributed by atoms with Crippen molar-refractivity contribution in [3.05, 3.63) is 29.8 Å². The van der Waals surface area contributed by atoms with Crippen LogP contribution in [0.3, 0.4) is 0 Å². The average molecular weight is 291 g/mol. The number of anilines is 1. The van der Waals surface area contributed by atoms with Crippen LogP contribution in [0.1, 0.15) is 12.5 Å². The molecular formula is C15H21N3O3. The minimum atomic E-state index is -0.309. The number of hydrogen-bond acceptors (Lipinski definition) is 3. The molecule has 0 unspecified atom stereocenters. The summed E-state index contributed by atoms with van der Waals surface area (Å²) in [6.45, 7) is 6.12. The highest BCUT2D eigenvalue weighted by Gasteiger charge is 2.24. The van der Waals surface area contributed by atoms with E-state index in [1.165, 1.54) is 0 Å². The normalized spacial score (nSPS) is 14.8. The molecule has 0 radical (unpaired) electrons. The largest absolute Gasteiger partial charge is 0.450 e. The number of ether oxygens (including phenoxy) is 1. The van der Waals surface area contributed by atoms with Crippen molar-refractivity contribution in [3.8, 4) is 0 Å². The molecule has 0 bridgehead atoms. The van der Waals surface area contributed by atoms with Crippen LogP contribution in [0.5, 0.6) is 0 Å². The van der Waals surface area contributed by atoms with Crippen LogP contribution in [0.25, 0.3) is 0 Å². The monoisotopic (exact) mass is 291 g/mol. The molecule has 3 amide bonds. The van der Waals surface area contributed by atoms with E-state index in [0.717, 1.165) is 11.3 Å². The van der Waals surface area contributed by atoms with Crippen molar-refractivity contribution in [2.45, 2.75) is 13.8 Å². The molecule has 0 spiro atoms. The zero-order valence-corrected chi connectivity index (χ0v) is 12.5. The number of benzene rings is 1. The molecule has 1 aliphatic rings. The van der Waals surface area contributed by atoms with Gasteiger partial charge in [0.1, 0.15) is 0 Å². The summed E-state index contributed by atoms with van der Waals surface area (Å²) in [5.41, 5.74) is 1.84. The van der Waals surface area contributed by atoms with Crippen molar-refractivity contribution >= 4 is 17.8 Å². The van der Waals surface area contributed by atoms with Gasteiger partial charge in [0.25, 0.3) is 0 Å². The summed E-state index contributed by atoms with van der Waals surface area (Å²) in [7, 11) is 0. The van der Waals surface area contributed by atoms with E-state index in [9.17, 15) is 9.59 Å². The predicted molar refractivity (Wildman–Crippen MR) is 80.4 cm³/mol. The number of amides is 3. The molecule has 6 nitrogen and oxygen atoms in total. The molecule has 0 aliphatic carbocycles. The first-order valence-electron chi connectivity index (χ1n) is 7.15. The predicted octanol–water partition coefficient (Wildman–Crippen LogP) is 2.30. The topological polar surface area (TPSA) is 61.9 Å². The van der Waals surface area contributed by atoms with Crippen molar-refractivity contribution < 1.29 is 14.3 Å². The fraction of sp³-hybridized carbons (Fsp3) is 0.467. The zero-order valence-electron chi connectivity index (χ0n) is 12.5. The van der Waals surface area contributed by atoms with Crippen molar-refractivity contribution in [1.29, 1.82) is 0 Å². The molecule has 6 heteroatoms. The third-order valence-corrected chi connectivity index (χ3v) is 3.48. The van der Waals surface area contributed by atoms with Gasteiger partial charge in [-0.05, 0) is 25.5 Å². The first kappa shape index (κ1) is 15.2. The third-order valence-electron chi connectivity index (χ3n) is 3.48. The summed E-state index contributed by atoms with van der Waals surface area (Å²) in [5.74, 6) is 0. The summed E-state index contributed by atoms with van der Waals surface area (Å²) < 4.78 is 4.96. The van der Waals surface area contributed by atoms with E-state index in [-0.39, 0.29) is 12.1 Å². The second-order valence-corrected chi connectivity index (χ2v) is 4.92. The minimum Gasteiger partial charge on any atom is -0.450 e. The van der Waals surface area contributed by atoms with Crippen LogP contribution in [0.4, 0.5) is 15.3 Å². The molecule has 1 heterocycles. The number of urea groups is 1. The highest BCUT2D eigenvalue weighted by molar-refractivity contribution is 5.90. The standard InChI is InChI=1S/C15H21N3O3/c1-3-21-15(20)18-10-8-17(9-11-18)14(19)16-13-7-5-4-6-12(13)2/h4-7H,3,8-11H2,1-2H3,(H,16,19). The second-order valence-electron chi connectivity index (χ2n) is 4.92. The number of carbonyl (C=O) groups is 2. The van der Waals surface area contributed by atoms with Crippen LogP contribution in [0, 0.1) is 6.92 Å². The van der Waals surface area contributed by atoms with Crippen LogP contribution in [-0.2, 0) is 4.74 Å². The first-order valence-corrected chi connectivity index (χ1v) is 7.15. The molecular weight excluding hydrogens is 270 g/mol. The lowest BCUT2D eigenvalue weighted by Gasteiger charge is -2.34. The Morgan fingerprint density at radius 1 is 1.14 bits per heavy atom. The van der Waals surface area contributed by atoms with Crippen molar-refractivity contribution in [1.82, 2.24) is 9.80 Å². The lowest BCUT2D eigenvalue weighted by molar-refractivity contribution is 0.0868. The fourth-order valence-electron chi connectivity index (χ4n) is 2.21. The Morgan fingerprint density at radius 2 is 1.76 bits per heavy atom. The van der Waals surface area contributed by atoms with Crippen LogP contribution in [0.2, 0.25) is 0 Å². The molecule has 1 fully saturated rings. The maximum Gasteiger partial charge on any atom is 0.409 e. The number of rotatable bonds is 2. The first-order chi connectivity index (χ1) is 10.1. The number of nitrogens with zero attached hydrogens (tertiary/aromatic N) is 2. The van der Waals surface area contributed by atoms with E-state index in [1.54, 1.807) is 16.7 Å². The molecule has 21 heavy (non-hydrogen) atoms. The summed E-state index contributed by atoms with van der Waals surface area (Å²) in [5, 5.41) is 2.90. The van der Waals surface area contributed by atoms with E-state index in [0.29, 0.717) is 32.8 Å². The Hall–Kier alpha value is -2.24. The molecule has 114 valence electrons. The van der Waals surface area contributed by atoms with Gasteiger partial charge in [0.05, 0.1) is 6.61 Å². The molecule has 0 atom stereocenters. The zero-order chi connectivity index (χ0) is 15.2. The van der Waals surface area contributed by atoms with Crippen LogP contribution < -0.4 is 5.32 Å². The Labute approximate surface area is 124 Å². The third kappa shape index (κ3) is 3.87. The van der Waals surface area contributed by atoms with Crippen molar-refractivity contribution in [2.24, 2.45) is 0 Å². The maximum atomic E-state index is 12.2. The van der Waals surface area contributed by atoms with Gasteiger partial charge in [-0.1, -0.05) is 18.2 Å². The molecule has 0 saturated carbocycles. The molecule has 1 N–H and O–H groups in total. The summed E-state index contributed by atoms with van der Waals surface area (Å²) in [6, 6.07) is 7.52. The van der Waals surface area contributed by atoms with Gasteiger partial charge >= 0.3 is 12.1 Å². The molecule has 1 aliphatic heterocycles. The Balaban J connectivity index is 1.86. The molecule has 0 aromatic heterocycles. The lowest BCUT2D eigenvalue weighted by Crippen LogP contribution is -2.51. The maximum absolute atomic E-state index is 12.2. The number of piperazine rings is 1. The summed E-state index contributed by atoms with van der Waals surface area (Å²) in [6.07, 6.45) is -0.309. The van der Waals surface area contributed by atoms with Gasteiger partial charge in [0, 0.05) is 31.9 Å². The Morgan fingerprint density at radius 3 is 2.38 bits per heavy atom. The highest BCUT2D eigenvalue weighted by Crippen LogP contribution is 2.14. The van der Waals surface area contributed by atoms with Gasteiger partial charge in [-0.15, -0.1) is 0 Å². The van der Waals surface area contributed by atoms with Crippen LogP contribution in [0.15, 0.2) is 24.3 Å². The summed E-state index contributed by atoms with van der Waals surface area (Å²) >= 11 is 0. The number of nitrogens with one attached hydrogen (secondary N) is 1. The molecule has 2 rings (SSSR count). The van der Waals surface area contributed by atoms with Gasteiger partial charge < -0.3 is 19.9 Å². The van der Waals surface area contributed by atoms with Gasteiger partial charge in [-0.3, -0.25) is 0 Å². The van der Waals surface area contributed by atoms with Gasteiger partial charge in [-0.2, -0.15) is 0 Å². The van der Waals surface area contributed by atoms with E-state index >= 15 is 0 Å². The van der Waals surface area contributed by atoms with E-state index < -0.39 is 0 Å². The average Bonchev–Trinajstić information content (AvgIpc) is 2.50. The minimum absolute atomic E-state index is 0.132. The van der Waals surface area contributed by atoms with Crippen LogP contribution in [-0.4, -0.2) is 54.7 Å². The molecule has 1 saturated heterocycles. The van der Waals surface area contributed by atoms with Crippen LogP contribution >= 0.6 is 0 Å². The Bertz CT molecular complexity index is 511. The fourth-order valence-corrected chi connectivity index (χ4v) is 2.21.